The van der Waals surface area contributed by atoms with Gasteiger partial charge in [-0.3, -0.25) is 10.1 Å². The lowest BCUT2D eigenvalue weighted by molar-refractivity contribution is -0.384. The number of nitrogens with zero attached hydrogens (tertiary/aromatic N) is 2. The minimum atomic E-state index is -0.324. The molecule has 1 aromatic rings. The van der Waals surface area contributed by atoms with Crippen molar-refractivity contribution in [2.75, 3.05) is 18.0 Å². The molecule has 4 heteroatoms. The third-order valence-corrected chi connectivity index (χ3v) is 3.05. The first kappa shape index (κ1) is 10.9. The van der Waals surface area contributed by atoms with Crippen molar-refractivity contribution in [3.63, 3.8) is 0 Å². The van der Waals surface area contributed by atoms with Crippen LogP contribution < -0.4 is 4.90 Å². The van der Waals surface area contributed by atoms with Crippen LogP contribution in [0.4, 0.5) is 11.4 Å². The van der Waals surface area contributed by atoms with Crippen molar-refractivity contribution < 1.29 is 4.92 Å². The van der Waals surface area contributed by atoms with Gasteiger partial charge in [0.2, 0.25) is 0 Å². The second-order valence-corrected chi connectivity index (χ2v) is 4.16. The van der Waals surface area contributed by atoms with E-state index in [-0.39, 0.29) is 10.6 Å². The Labute approximate surface area is 95.0 Å². The lowest BCUT2D eigenvalue weighted by atomic mass is 10.1. The first-order valence-electron chi connectivity index (χ1n) is 5.74. The monoisotopic (exact) mass is 220 g/mol. The van der Waals surface area contributed by atoms with Gasteiger partial charge in [-0.05, 0) is 24.5 Å². The van der Waals surface area contributed by atoms with Crippen LogP contribution in [0.25, 0.3) is 0 Å². The highest BCUT2D eigenvalue weighted by atomic mass is 16.6. The molecule has 0 amide bonds. The van der Waals surface area contributed by atoms with Crippen LogP contribution >= 0.6 is 0 Å². The van der Waals surface area contributed by atoms with E-state index < -0.39 is 0 Å². The number of rotatable bonds is 4. The van der Waals surface area contributed by atoms with Crippen LogP contribution in [0.2, 0.25) is 0 Å². The van der Waals surface area contributed by atoms with Crippen molar-refractivity contribution in [2.45, 2.75) is 26.2 Å². The van der Waals surface area contributed by atoms with Crippen LogP contribution in [0.3, 0.4) is 0 Å². The van der Waals surface area contributed by atoms with E-state index in [1.807, 2.05) is 6.07 Å². The summed E-state index contributed by atoms with van der Waals surface area (Å²) >= 11 is 0. The van der Waals surface area contributed by atoms with E-state index in [2.05, 4.69) is 11.8 Å². The summed E-state index contributed by atoms with van der Waals surface area (Å²) < 4.78 is 0. The molecule has 0 bridgehead atoms. The van der Waals surface area contributed by atoms with Crippen LogP contribution in [0.5, 0.6) is 0 Å². The topological polar surface area (TPSA) is 46.4 Å². The summed E-state index contributed by atoms with van der Waals surface area (Å²) in [6.45, 7) is 4.23. The molecular weight excluding hydrogens is 204 g/mol. The Bertz CT molecular complexity index is 404. The fraction of sp³-hybridized carbons (Fsp3) is 0.500. The summed E-state index contributed by atoms with van der Waals surface area (Å²) in [7, 11) is 0. The molecule has 2 rings (SSSR count). The largest absolute Gasteiger partial charge is 0.371 e. The van der Waals surface area contributed by atoms with Crippen LogP contribution in [-0.2, 0) is 6.42 Å². The van der Waals surface area contributed by atoms with E-state index in [1.54, 1.807) is 12.1 Å². The number of fused-ring (bicyclic) bond motifs is 1. The van der Waals surface area contributed by atoms with Crippen molar-refractivity contribution in [3.05, 3.63) is 33.9 Å². The Hall–Kier alpha value is -1.58. The van der Waals surface area contributed by atoms with Crippen molar-refractivity contribution in [1.82, 2.24) is 0 Å². The van der Waals surface area contributed by atoms with Gasteiger partial charge in [-0.1, -0.05) is 13.3 Å². The van der Waals surface area contributed by atoms with Crippen molar-refractivity contribution >= 4 is 11.4 Å². The normalized spacial score (nSPS) is 13.9. The Morgan fingerprint density at radius 3 is 3.00 bits per heavy atom. The van der Waals surface area contributed by atoms with E-state index in [0.717, 1.165) is 25.1 Å². The molecule has 1 heterocycles. The quantitative estimate of drug-likeness (QED) is 0.579. The number of nitro groups is 1. The van der Waals surface area contributed by atoms with E-state index in [9.17, 15) is 10.1 Å². The molecule has 0 spiro atoms. The fourth-order valence-electron chi connectivity index (χ4n) is 2.15. The van der Waals surface area contributed by atoms with E-state index in [1.165, 1.54) is 18.5 Å². The fourth-order valence-corrected chi connectivity index (χ4v) is 2.15. The zero-order valence-corrected chi connectivity index (χ0v) is 9.48. The molecule has 0 radical (unpaired) electrons. The van der Waals surface area contributed by atoms with Gasteiger partial charge in [0.05, 0.1) is 4.92 Å². The Morgan fingerprint density at radius 1 is 1.50 bits per heavy atom. The summed E-state index contributed by atoms with van der Waals surface area (Å²) in [4.78, 5) is 12.6. The number of hydrogen-bond donors (Lipinski definition) is 0. The molecule has 1 aromatic carbocycles. The second-order valence-electron chi connectivity index (χ2n) is 4.16. The second kappa shape index (κ2) is 4.51. The maximum atomic E-state index is 10.6. The molecule has 4 nitrogen and oxygen atoms in total. The van der Waals surface area contributed by atoms with Crippen LogP contribution in [-0.4, -0.2) is 18.0 Å². The van der Waals surface area contributed by atoms with E-state index >= 15 is 0 Å². The highest BCUT2D eigenvalue weighted by Crippen LogP contribution is 2.31. The molecule has 16 heavy (non-hydrogen) atoms. The van der Waals surface area contributed by atoms with Gasteiger partial charge in [0.25, 0.3) is 5.69 Å². The summed E-state index contributed by atoms with van der Waals surface area (Å²) in [6.07, 6.45) is 3.29. The molecule has 1 aliphatic rings. The third kappa shape index (κ3) is 2.01. The molecule has 0 saturated heterocycles. The smallest absolute Gasteiger partial charge is 0.269 e. The third-order valence-electron chi connectivity index (χ3n) is 3.05. The maximum Gasteiger partial charge on any atom is 0.269 e. The predicted molar refractivity (Wildman–Crippen MR) is 63.9 cm³/mol. The number of unbranched alkanes of at least 4 members (excludes halogenated alkanes) is 1. The zero-order chi connectivity index (χ0) is 11.5. The minimum absolute atomic E-state index is 0.205. The molecule has 0 fully saturated rings. The zero-order valence-electron chi connectivity index (χ0n) is 9.48. The van der Waals surface area contributed by atoms with Crippen molar-refractivity contribution in [3.8, 4) is 0 Å². The SMILES string of the molecule is CCCCN1CCc2cc([N+](=O)[O-])ccc21. The van der Waals surface area contributed by atoms with Crippen LogP contribution in [0, 0.1) is 10.1 Å². The Kier molecular flexibility index (Phi) is 3.08. The van der Waals surface area contributed by atoms with Gasteiger partial charge in [0.15, 0.2) is 0 Å². The standard InChI is InChI=1S/C12H16N2O2/c1-2-3-7-13-8-6-10-9-11(14(15)16)4-5-12(10)13/h4-5,9H,2-3,6-8H2,1H3. The Morgan fingerprint density at radius 2 is 2.31 bits per heavy atom. The molecule has 0 aromatic heterocycles. The Balaban J connectivity index is 2.18. The lowest BCUT2D eigenvalue weighted by Crippen LogP contribution is -2.21. The van der Waals surface area contributed by atoms with Gasteiger partial charge in [0, 0.05) is 30.9 Å². The number of nitro benzene ring substituents is 1. The van der Waals surface area contributed by atoms with E-state index in [4.69, 9.17) is 0 Å². The molecule has 0 saturated carbocycles. The summed E-state index contributed by atoms with van der Waals surface area (Å²) in [5, 5.41) is 10.6. The van der Waals surface area contributed by atoms with Crippen molar-refractivity contribution in [2.24, 2.45) is 0 Å². The number of anilines is 1. The highest BCUT2D eigenvalue weighted by Gasteiger charge is 2.20. The molecule has 1 aliphatic heterocycles. The molecule has 0 aliphatic carbocycles. The van der Waals surface area contributed by atoms with Gasteiger partial charge >= 0.3 is 0 Å². The molecule has 86 valence electrons. The molecular formula is C12H16N2O2. The minimum Gasteiger partial charge on any atom is -0.371 e. The summed E-state index contributed by atoms with van der Waals surface area (Å²) in [6, 6.07) is 5.19. The van der Waals surface area contributed by atoms with Gasteiger partial charge in [-0.2, -0.15) is 0 Å². The molecule has 0 atom stereocenters. The average molecular weight is 220 g/mol. The summed E-state index contributed by atoms with van der Waals surface area (Å²) in [5.74, 6) is 0. The van der Waals surface area contributed by atoms with Crippen LogP contribution in [0.1, 0.15) is 25.3 Å². The molecule has 0 unspecified atom stereocenters. The first-order valence-corrected chi connectivity index (χ1v) is 5.74. The predicted octanol–water partition coefficient (Wildman–Crippen LogP) is 2.76. The van der Waals surface area contributed by atoms with E-state index in [0.29, 0.717) is 0 Å². The highest BCUT2D eigenvalue weighted by molar-refractivity contribution is 5.61. The lowest BCUT2D eigenvalue weighted by Gasteiger charge is -2.18. The van der Waals surface area contributed by atoms with Gasteiger partial charge in [-0.25, -0.2) is 0 Å². The number of non-ortho nitro benzene ring substituents is 1. The maximum absolute atomic E-state index is 10.6. The molecule has 0 N–H and O–H groups in total. The number of hydrogen-bond acceptors (Lipinski definition) is 3. The number of benzene rings is 1. The first-order chi connectivity index (χ1) is 7.72. The van der Waals surface area contributed by atoms with Crippen molar-refractivity contribution in [1.29, 1.82) is 0 Å². The summed E-state index contributed by atoms with van der Waals surface area (Å²) in [5.41, 5.74) is 2.50. The van der Waals surface area contributed by atoms with Gasteiger partial charge in [0.1, 0.15) is 0 Å². The van der Waals surface area contributed by atoms with Crippen LogP contribution in [0.15, 0.2) is 18.2 Å². The van der Waals surface area contributed by atoms with Gasteiger partial charge < -0.3 is 4.90 Å². The average Bonchev–Trinajstić information content (AvgIpc) is 2.68. The van der Waals surface area contributed by atoms with Gasteiger partial charge in [-0.15, -0.1) is 0 Å².